The van der Waals surface area contributed by atoms with Crippen LogP contribution in [0.3, 0.4) is 0 Å². The largest absolute Gasteiger partial charge is 0.490 e. The predicted octanol–water partition coefficient (Wildman–Crippen LogP) is 3.26. The molecule has 1 saturated heterocycles. The van der Waals surface area contributed by atoms with Gasteiger partial charge < -0.3 is 25.0 Å². The standard InChI is InChI=1S/C25H27ClFN3O4/c1-15-11-16(26)5-6-22(15)34-18-7-9-30(10-8-18)14-17(31)12-28-24(32)20-13-29-25(33)23-19(20)3-2-4-21(23)27/h2-6,11,13,17-18,31H,7-10,12,14H2,1H3,(H,28,32)(H,29,33)/t17-/m1/s1. The number of pyridine rings is 1. The van der Waals surface area contributed by atoms with Crippen molar-refractivity contribution < 1.29 is 19.0 Å². The summed E-state index contributed by atoms with van der Waals surface area (Å²) in [5.41, 5.74) is 0.555. The minimum absolute atomic E-state index is 0.0369. The molecular formula is C25H27ClFN3O4. The molecule has 1 aromatic heterocycles. The molecule has 4 rings (SSSR count). The molecule has 0 unspecified atom stereocenters. The third-order valence-electron chi connectivity index (χ3n) is 6.06. The summed E-state index contributed by atoms with van der Waals surface area (Å²) < 4.78 is 20.2. The molecule has 2 heterocycles. The van der Waals surface area contributed by atoms with Crippen LogP contribution >= 0.6 is 11.6 Å². The highest BCUT2D eigenvalue weighted by Gasteiger charge is 2.23. The van der Waals surface area contributed by atoms with Crippen molar-refractivity contribution in [3.8, 4) is 5.75 Å². The van der Waals surface area contributed by atoms with Gasteiger partial charge >= 0.3 is 0 Å². The number of fused-ring (bicyclic) bond motifs is 1. The molecule has 0 spiro atoms. The number of amides is 1. The molecule has 0 saturated carbocycles. The molecule has 1 atom stereocenters. The van der Waals surface area contributed by atoms with Crippen molar-refractivity contribution in [3.05, 3.63) is 74.9 Å². The van der Waals surface area contributed by atoms with E-state index in [4.69, 9.17) is 16.3 Å². The first-order valence-electron chi connectivity index (χ1n) is 11.2. The highest BCUT2D eigenvalue weighted by molar-refractivity contribution is 6.30. The van der Waals surface area contributed by atoms with Crippen LogP contribution in [0.4, 0.5) is 4.39 Å². The molecule has 0 radical (unpaired) electrons. The number of β-amino-alcohol motifs (C(OH)–C–C–N with tert-alkyl or cyclic N) is 1. The van der Waals surface area contributed by atoms with E-state index in [9.17, 15) is 19.1 Å². The van der Waals surface area contributed by atoms with E-state index in [0.717, 1.165) is 37.2 Å². The van der Waals surface area contributed by atoms with Crippen molar-refractivity contribution >= 4 is 28.3 Å². The molecule has 0 aliphatic carbocycles. The smallest absolute Gasteiger partial charge is 0.258 e. The maximum Gasteiger partial charge on any atom is 0.258 e. The fourth-order valence-corrected chi connectivity index (χ4v) is 4.48. The lowest BCUT2D eigenvalue weighted by atomic mass is 10.1. The molecular weight excluding hydrogens is 461 g/mol. The van der Waals surface area contributed by atoms with Crippen LogP contribution in [0.5, 0.6) is 5.75 Å². The van der Waals surface area contributed by atoms with Gasteiger partial charge in [-0.15, -0.1) is 0 Å². The molecule has 3 aromatic rings. The Bertz CT molecular complexity index is 1240. The Hall–Kier alpha value is -2.94. The van der Waals surface area contributed by atoms with Crippen LogP contribution in [0.15, 0.2) is 47.4 Å². The summed E-state index contributed by atoms with van der Waals surface area (Å²) in [6, 6.07) is 9.73. The number of aromatic nitrogens is 1. The van der Waals surface area contributed by atoms with Gasteiger partial charge in [0.1, 0.15) is 17.7 Å². The molecule has 2 aromatic carbocycles. The van der Waals surface area contributed by atoms with E-state index in [2.05, 4.69) is 15.2 Å². The van der Waals surface area contributed by atoms with E-state index < -0.39 is 23.4 Å². The zero-order valence-electron chi connectivity index (χ0n) is 18.8. The minimum atomic E-state index is -0.773. The lowest BCUT2D eigenvalue weighted by Crippen LogP contribution is -2.45. The highest BCUT2D eigenvalue weighted by atomic mass is 35.5. The number of hydrogen-bond acceptors (Lipinski definition) is 5. The Labute approximate surface area is 201 Å². The number of aryl methyl sites for hydroxylation is 1. The second kappa shape index (κ2) is 10.5. The lowest BCUT2D eigenvalue weighted by molar-refractivity contribution is 0.0592. The first-order chi connectivity index (χ1) is 16.3. The van der Waals surface area contributed by atoms with E-state index >= 15 is 0 Å². The van der Waals surface area contributed by atoms with Crippen LogP contribution in [0, 0.1) is 12.7 Å². The number of aliphatic hydroxyl groups excluding tert-OH is 1. The normalized spacial score (nSPS) is 15.9. The number of aromatic amines is 1. The molecule has 0 bridgehead atoms. The highest BCUT2D eigenvalue weighted by Crippen LogP contribution is 2.25. The number of ether oxygens (including phenoxy) is 1. The Morgan fingerprint density at radius 2 is 2.09 bits per heavy atom. The summed E-state index contributed by atoms with van der Waals surface area (Å²) in [5, 5.41) is 13.9. The molecule has 1 aliphatic heterocycles. The van der Waals surface area contributed by atoms with Gasteiger partial charge in [-0.25, -0.2) is 4.39 Å². The summed E-state index contributed by atoms with van der Waals surface area (Å²) in [6.07, 6.45) is 2.25. The van der Waals surface area contributed by atoms with E-state index in [1.165, 1.54) is 24.4 Å². The zero-order valence-corrected chi connectivity index (χ0v) is 19.6. The van der Waals surface area contributed by atoms with Gasteiger partial charge in [0.05, 0.1) is 17.1 Å². The monoisotopic (exact) mass is 487 g/mol. The van der Waals surface area contributed by atoms with Crippen LogP contribution < -0.4 is 15.6 Å². The summed E-state index contributed by atoms with van der Waals surface area (Å²) >= 11 is 6.00. The molecule has 1 aliphatic rings. The predicted molar refractivity (Wildman–Crippen MR) is 129 cm³/mol. The van der Waals surface area contributed by atoms with Gasteiger partial charge in [0, 0.05) is 42.8 Å². The fourth-order valence-electron chi connectivity index (χ4n) is 4.26. The number of hydrogen-bond donors (Lipinski definition) is 3. The third kappa shape index (κ3) is 5.58. The van der Waals surface area contributed by atoms with Gasteiger partial charge in [-0.1, -0.05) is 23.7 Å². The number of benzene rings is 2. The van der Waals surface area contributed by atoms with E-state index in [0.29, 0.717) is 11.6 Å². The number of carbonyl (C=O) groups is 1. The van der Waals surface area contributed by atoms with Crippen LogP contribution in [-0.4, -0.2) is 59.3 Å². The van der Waals surface area contributed by atoms with Crippen molar-refractivity contribution in [2.75, 3.05) is 26.2 Å². The van der Waals surface area contributed by atoms with E-state index in [1.54, 1.807) is 0 Å². The Balaban J connectivity index is 1.26. The SMILES string of the molecule is Cc1cc(Cl)ccc1OC1CCN(C[C@H](O)CNC(=O)c2c[nH]c(=O)c3c(F)cccc23)CC1. The summed E-state index contributed by atoms with van der Waals surface area (Å²) in [7, 11) is 0. The average molecular weight is 488 g/mol. The number of likely N-dealkylation sites (tertiary alicyclic amines) is 1. The molecule has 1 fully saturated rings. The Morgan fingerprint density at radius 1 is 1.32 bits per heavy atom. The van der Waals surface area contributed by atoms with E-state index in [1.807, 2.05) is 25.1 Å². The van der Waals surface area contributed by atoms with Crippen LogP contribution in [0.2, 0.25) is 5.02 Å². The van der Waals surface area contributed by atoms with Gasteiger partial charge in [-0.2, -0.15) is 0 Å². The van der Waals surface area contributed by atoms with Crippen molar-refractivity contribution in [2.24, 2.45) is 0 Å². The van der Waals surface area contributed by atoms with Gasteiger partial charge in [0.25, 0.3) is 11.5 Å². The van der Waals surface area contributed by atoms with Gasteiger partial charge in [0.2, 0.25) is 0 Å². The summed E-state index contributed by atoms with van der Waals surface area (Å²) in [6.45, 7) is 3.95. The summed E-state index contributed by atoms with van der Waals surface area (Å²) in [4.78, 5) is 29.1. The second-order valence-electron chi connectivity index (χ2n) is 8.59. The Morgan fingerprint density at radius 3 is 2.82 bits per heavy atom. The molecule has 7 nitrogen and oxygen atoms in total. The number of nitrogens with zero attached hydrogens (tertiary/aromatic N) is 1. The number of piperidine rings is 1. The molecule has 9 heteroatoms. The number of halogens is 2. The molecule has 1 amide bonds. The summed E-state index contributed by atoms with van der Waals surface area (Å²) in [5.74, 6) is -0.344. The number of nitrogens with one attached hydrogen (secondary N) is 2. The molecule has 34 heavy (non-hydrogen) atoms. The van der Waals surface area contributed by atoms with Crippen LogP contribution in [0.1, 0.15) is 28.8 Å². The van der Waals surface area contributed by atoms with E-state index in [-0.39, 0.29) is 29.0 Å². The lowest BCUT2D eigenvalue weighted by Gasteiger charge is -2.33. The van der Waals surface area contributed by atoms with Gasteiger partial charge in [0.15, 0.2) is 0 Å². The quantitative estimate of drug-likeness (QED) is 0.475. The van der Waals surface area contributed by atoms with Gasteiger partial charge in [-0.05, 0) is 49.6 Å². The third-order valence-corrected chi connectivity index (χ3v) is 6.29. The fraction of sp³-hybridized carbons (Fsp3) is 0.360. The van der Waals surface area contributed by atoms with Gasteiger partial charge in [-0.3, -0.25) is 9.59 Å². The number of aliphatic hydroxyl groups is 1. The molecule has 3 N–H and O–H groups in total. The second-order valence-corrected chi connectivity index (χ2v) is 9.02. The maximum absolute atomic E-state index is 14.0. The van der Waals surface area contributed by atoms with Crippen molar-refractivity contribution in [2.45, 2.75) is 32.0 Å². The number of H-pyrrole nitrogens is 1. The average Bonchev–Trinajstić information content (AvgIpc) is 2.81. The van der Waals surface area contributed by atoms with Crippen molar-refractivity contribution in [3.63, 3.8) is 0 Å². The Kier molecular flexibility index (Phi) is 7.50. The number of rotatable bonds is 7. The minimum Gasteiger partial charge on any atom is -0.490 e. The maximum atomic E-state index is 14.0. The number of carbonyl (C=O) groups excluding carboxylic acids is 1. The van der Waals surface area contributed by atoms with Crippen LogP contribution in [-0.2, 0) is 0 Å². The van der Waals surface area contributed by atoms with Crippen molar-refractivity contribution in [1.82, 2.24) is 15.2 Å². The van der Waals surface area contributed by atoms with Crippen LogP contribution in [0.25, 0.3) is 10.8 Å². The zero-order chi connectivity index (χ0) is 24.2. The molecule has 180 valence electrons. The first kappa shape index (κ1) is 24.2. The van der Waals surface area contributed by atoms with Crippen molar-refractivity contribution in [1.29, 1.82) is 0 Å². The first-order valence-corrected chi connectivity index (χ1v) is 11.6. The topological polar surface area (TPSA) is 94.7 Å².